The van der Waals surface area contributed by atoms with Gasteiger partial charge in [0.25, 0.3) is 17.1 Å². The topological polar surface area (TPSA) is 84.9 Å². The summed E-state index contributed by atoms with van der Waals surface area (Å²) < 4.78 is 10.1. The molecule has 24 heavy (non-hydrogen) atoms. The summed E-state index contributed by atoms with van der Waals surface area (Å²) in [5.41, 5.74) is 0. The van der Waals surface area contributed by atoms with Gasteiger partial charge in [0.05, 0.1) is 4.91 Å². The molecule has 1 N–H and O–H groups in total. The minimum Gasteiger partial charge on any atom is -0.494 e. The molecule has 0 aromatic carbocycles. The van der Waals surface area contributed by atoms with E-state index in [0.717, 1.165) is 21.5 Å². The van der Waals surface area contributed by atoms with E-state index in [2.05, 4.69) is 5.32 Å². The number of hydrogen-bond donors (Lipinski definition) is 1. The zero-order valence-electron chi connectivity index (χ0n) is 12.5. The first-order valence-electron chi connectivity index (χ1n) is 7.17. The van der Waals surface area contributed by atoms with Gasteiger partial charge in [0.15, 0.2) is 0 Å². The van der Waals surface area contributed by atoms with E-state index in [0.29, 0.717) is 18.1 Å². The molecule has 0 spiro atoms. The fourth-order valence-electron chi connectivity index (χ4n) is 2.05. The van der Waals surface area contributed by atoms with Gasteiger partial charge < -0.3 is 14.8 Å². The molecule has 3 rings (SSSR count). The average molecular weight is 366 g/mol. The lowest BCUT2D eigenvalue weighted by molar-refractivity contribution is -0.124. The van der Waals surface area contributed by atoms with Crippen LogP contribution in [0.3, 0.4) is 0 Å². The zero-order valence-corrected chi connectivity index (χ0v) is 14.2. The van der Waals surface area contributed by atoms with E-state index in [1.807, 2.05) is 17.5 Å². The highest BCUT2D eigenvalue weighted by Gasteiger charge is 2.34. The van der Waals surface area contributed by atoms with Crippen molar-refractivity contribution in [3.05, 3.63) is 39.3 Å². The number of carbonyl (C=O) groups is 3. The minimum absolute atomic E-state index is 0.0907. The molecular weight excluding hydrogens is 352 g/mol. The molecule has 2 aliphatic rings. The smallest absolute Gasteiger partial charge is 0.293 e. The number of nitrogens with one attached hydrogen (secondary N) is 1. The number of thiophene rings is 1. The molecule has 126 valence electrons. The van der Waals surface area contributed by atoms with Crippen molar-refractivity contribution in [1.82, 2.24) is 10.2 Å². The van der Waals surface area contributed by atoms with E-state index >= 15 is 0 Å². The first kappa shape index (κ1) is 16.6. The molecule has 1 saturated heterocycles. The van der Waals surface area contributed by atoms with Crippen LogP contribution < -0.4 is 5.32 Å². The van der Waals surface area contributed by atoms with Crippen molar-refractivity contribution in [1.29, 1.82) is 0 Å². The number of ether oxygens (including phenoxy) is 2. The first-order valence-corrected chi connectivity index (χ1v) is 8.86. The van der Waals surface area contributed by atoms with Crippen LogP contribution >= 0.6 is 23.1 Å². The molecule has 0 atom stereocenters. The predicted molar refractivity (Wildman–Crippen MR) is 90.0 cm³/mol. The number of rotatable bonds is 5. The van der Waals surface area contributed by atoms with Crippen molar-refractivity contribution >= 4 is 46.2 Å². The molecule has 9 heteroatoms. The summed E-state index contributed by atoms with van der Waals surface area (Å²) in [5.74, 6) is -0.687. The van der Waals surface area contributed by atoms with E-state index < -0.39 is 5.91 Å². The Morgan fingerprint density at radius 2 is 2.25 bits per heavy atom. The summed E-state index contributed by atoms with van der Waals surface area (Å²) >= 11 is 2.39. The van der Waals surface area contributed by atoms with E-state index in [1.54, 1.807) is 6.08 Å². The molecular formula is C15H14N2O5S2. The summed E-state index contributed by atoms with van der Waals surface area (Å²) in [5, 5.41) is 4.16. The van der Waals surface area contributed by atoms with Crippen LogP contribution in [0, 0.1) is 0 Å². The van der Waals surface area contributed by atoms with E-state index in [4.69, 9.17) is 9.47 Å². The van der Waals surface area contributed by atoms with Crippen LogP contribution in [0.4, 0.5) is 4.79 Å². The summed E-state index contributed by atoms with van der Waals surface area (Å²) in [7, 11) is 0. The molecule has 7 nitrogen and oxygen atoms in total. The summed E-state index contributed by atoms with van der Waals surface area (Å²) in [4.78, 5) is 38.5. The highest BCUT2D eigenvalue weighted by Crippen LogP contribution is 2.32. The Bertz CT molecular complexity index is 711. The van der Waals surface area contributed by atoms with Gasteiger partial charge in [-0.15, -0.1) is 11.3 Å². The Labute approximate surface area is 146 Å². The normalized spacial score (nSPS) is 19.1. The Balaban J connectivity index is 1.54. The largest absolute Gasteiger partial charge is 0.494 e. The molecule has 0 radical (unpaired) electrons. The van der Waals surface area contributed by atoms with Gasteiger partial charge in [-0.1, -0.05) is 6.07 Å². The number of hydrogen-bond acceptors (Lipinski definition) is 7. The van der Waals surface area contributed by atoms with Crippen molar-refractivity contribution in [2.24, 2.45) is 0 Å². The van der Waals surface area contributed by atoms with Crippen LogP contribution in [0.15, 0.2) is 34.4 Å². The van der Waals surface area contributed by atoms with E-state index in [-0.39, 0.29) is 30.0 Å². The number of imide groups is 1. The van der Waals surface area contributed by atoms with Crippen LogP contribution in [0.25, 0.3) is 6.08 Å². The standard InChI is InChI=1S/C15H14N2O5S2/c18-13(11-9-21-5-6-22-11)16-3-4-17-14(19)12(24-15(17)20)8-10-2-1-7-23-10/h1-2,7-9H,3-6H2,(H,16,18)/b12-8+. The lowest BCUT2D eigenvalue weighted by Crippen LogP contribution is -2.38. The predicted octanol–water partition coefficient (Wildman–Crippen LogP) is 1.79. The van der Waals surface area contributed by atoms with E-state index in [9.17, 15) is 14.4 Å². The fraction of sp³-hybridized carbons (Fsp3) is 0.267. The lowest BCUT2D eigenvalue weighted by Gasteiger charge is -2.16. The second-order valence-corrected chi connectivity index (χ2v) is 6.78. The van der Waals surface area contributed by atoms with Crippen molar-refractivity contribution < 1.29 is 23.9 Å². The Hall–Kier alpha value is -2.26. The van der Waals surface area contributed by atoms with Crippen molar-refractivity contribution in [2.75, 3.05) is 26.3 Å². The maximum atomic E-state index is 12.3. The quantitative estimate of drug-likeness (QED) is 0.800. The van der Waals surface area contributed by atoms with Crippen molar-refractivity contribution in [2.45, 2.75) is 0 Å². The summed E-state index contributed by atoms with van der Waals surface area (Å²) in [6.45, 7) is 0.968. The maximum Gasteiger partial charge on any atom is 0.293 e. The third kappa shape index (κ3) is 3.80. The molecule has 1 fully saturated rings. The van der Waals surface area contributed by atoms with Crippen LogP contribution in [-0.4, -0.2) is 48.3 Å². The van der Waals surface area contributed by atoms with Gasteiger partial charge in [-0.25, -0.2) is 0 Å². The van der Waals surface area contributed by atoms with Crippen LogP contribution in [-0.2, 0) is 19.1 Å². The molecule has 1 aromatic rings. The Kier molecular flexibility index (Phi) is 5.21. The molecule has 1 aromatic heterocycles. The highest BCUT2D eigenvalue weighted by molar-refractivity contribution is 8.18. The fourth-order valence-corrected chi connectivity index (χ4v) is 3.64. The van der Waals surface area contributed by atoms with Crippen LogP contribution in [0.2, 0.25) is 0 Å². The molecule has 0 aliphatic carbocycles. The summed E-state index contributed by atoms with van der Waals surface area (Å²) in [6, 6.07) is 3.75. The molecule has 0 unspecified atom stereocenters. The molecule has 3 amide bonds. The van der Waals surface area contributed by atoms with Gasteiger partial charge in [0, 0.05) is 18.0 Å². The van der Waals surface area contributed by atoms with Gasteiger partial charge in [-0.3, -0.25) is 19.3 Å². The lowest BCUT2D eigenvalue weighted by atomic mass is 10.3. The maximum absolute atomic E-state index is 12.3. The SMILES string of the molecule is O=C(NCCN1C(=O)S/C(=C/c2cccs2)C1=O)C1=COCCO1. The molecule has 3 heterocycles. The third-order valence-electron chi connectivity index (χ3n) is 3.18. The van der Waals surface area contributed by atoms with E-state index in [1.165, 1.54) is 17.6 Å². The number of carbonyl (C=O) groups excluding carboxylic acids is 3. The monoisotopic (exact) mass is 366 g/mol. The van der Waals surface area contributed by atoms with Gasteiger partial charge in [-0.05, 0) is 29.3 Å². The second-order valence-electron chi connectivity index (χ2n) is 4.81. The highest BCUT2D eigenvalue weighted by atomic mass is 32.2. The zero-order chi connectivity index (χ0) is 16.9. The molecule has 2 aliphatic heterocycles. The molecule has 0 saturated carbocycles. The van der Waals surface area contributed by atoms with Crippen LogP contribution in [0.1, 0.15) is 4.88 Å². The van der Waals surface area contributed by atoms with Crippen molar-refractivity contribution in [3.63, 3.8) is 0 Å². The summed E-state index contributed by atoms with van der Waals surface area (Å²) in [6.07, 6.45) is 2.95. The van der Waals surface area contributed by atoms with Gasteiger partial charge in [0.2, 0.25) is 5.76 Å². The van der Waals surface area contributed by atoms with Gasteiger partial charge in [-0.2, -0.15) is 0 Å². The minimum atomic E-state index is -0.434. The number of nitrogens with zero attached hydrogens (tertiary/aromatic N) is 1. The van der Waals surface area contributed by atoms with Gasteiger partial charge in [0.1, 0.15) is 19.5 Å². The average Bonchev–Trinajstić information content (AvgIpc) is 3.19. The Morgan fingerprint density at radius 1 is 1.38 bits per heavy atom. The number of amides is 3. The van der Waals surface area contributed by atoms with Crippen molar-refractivity contribution in [3.8, 4) is 0 Å². The Morgan fingerprint density at radius 3 is 2.96 bits per heavy atom. The van der Waals surface area contributed by atoms with Crippen LogP contribution in [0.5, 0.6) is 0 Å². The second kappa shape index (κ2) is 7.54. The molecule has 0 bridgehead atoms. The van der Waals surface area contributed by atoms with Gasteiger partial charge >= 0.3 is 0 Å². The number of thioether (sulfide) groups is 1. The first-order chi connectivity index (χ1) is 11.6. The third-order valence-corrected chi connectivity index (χ3v) is 4.91.